The minimum Gasteiger partial charge on any atom is -0.356 e. The van der Waals surface area contributed by atoms with Gasteiger partial charge in [-0.25, -0.2) is 0 Å². The zero-order valence-corrected chi connectivity index (χ0v) is 9.68. The number of carbonyl (C=O) groups excluding carboxylic acids is 1. The fraction of sp³-hybridized carbons (Fsp3) is 0.462. The van der Waals surface area contributed by atoms with Gasteiger partial charge in [-0.05, 0) is 30.0 Å². The molecule has 1 aromatic carbocycles. The zero-order valence-electron chi connectivity index (χ0n) is 9.68. The molecule has 1 aromatic rings. The highest BCUT2D eigenvalue weighted by Gasteiger charge is 2.13. The quantitative estimate of drug-likeness (QED) is 0.801. The lowest BCUT2D eigenvalue weighted by atomic mass is 9.99. The molecule has 0 saturated carbocycles. The lowest BCUT2D eigenvalue weighted by Gasteiger charge is -2.07. The second kappa shape index (κ2) is 5.12. The second-order valence-corrected chi connectivity index (χ2v) is 4.11. The van der Waals surface area contributed by atoms with E-state index in [1.54, 1.807) is 0 Å². The van der Waals surface area contributed by atoms with E-state index in [1.807, 2.05) is 6.92 Å². The molecule has 3 heteroatoms. The molecule has 1 amide bonds. The first-order valence-corrected chi connectivity index (χ1v) is 5.88. The number of hydrogen-bond donors (Lipinski definition) is 2. The first-order chi connectivity index (χ1) is 7.81. The van der Waals surface area contributed by atoms with Crippen LogP contribution in [-0.2, 0) is 24.3 Å². The summed E-state index contributed by atoms with van der Waals surface area (Å²) in [5.74, 6) is 0.144. The van der Waals surface area contributed by atoms with Gasteiger partial charge in [-0.2, -0.15) is 0 Å². The molecule has 0 fully saturated rings. The van der Waals surface area contributed by atoms with Gasteiger partial charge in [-0.3, -0.25) is 4.79 Å². The Bertz CT molecular complexity index is 388. The van der Waals surface area contributed by atoms with E-state index in [0.717, 1.165) is 19.5 Å². The molecule has 16 heavy (non-hydrogen) atoms. The van der Waals surface area contributed by atoms with Gasteiger partial charge in [0.1, 0.15) is 0 Å². The van der Waals surface area contributed by atoms with Crippen molar-refractivity contribution in [2.45, 2.75) is 32.9 Å². The fourth-order valence-corrected chi connectivity index (χ4v) is 2.17. The Balaban J connectivity index is 2.00. The summed E-state index contributed by atoms with van der Waals surface area (Å²) >= 11 is 0. The first kappa shape index (κ1) is 11.1. The Labute approximate surface area is 96.2 Å². The summed E-state index contributed by atoms with van der Waals surface area (Å²) in [6.45, 7) is 4.57. The molecule has 1 aliphatic rings. The van der Waals surface area contributed by atoms with E-state index in [0.29, 0.717) is 13.0 Å². The monoisotopic (exact) mass is 218 g/mol. The van der Waals surface area contributed by atoms with Crippen LogP contribution in [0.5, 0.6) is 0 Å². The normalized spacial score (nSPS) is 13.6. The Morgan fingerprint density at radius 3 is 3.12 bits per heavy atom. The third-order valence-electron chi connectivity index (χ3n) is 2.98. The molecular formula is C13H18N2O. The maximum absolute atomic E-state index is 11.4. The number of carbonyl (C=O) groups is 1. The van der Waals surface area contributed by atoms with Crippen molar-refractivity contribution in [2.75, 3.05) is 6.54 Å². The van der Waals surface area contributed by atoms with E-state index >= 15 is 0 Å². The van der Waals surface area contributed by atoms with Crippen LogP contribution in [0, 0.1) is 0 Å². The predicted octanol–water partition coefficient (Wildman–Crippen LogP) is 1.36. The SMILES string of the molecule is CCNC(=O)CCc1cccc2c1CNC2. The molecule has 2 rings (SSSR count). The summed E-state index contributed by atoms with van der Waals surface area (Å²) < 4.78 is 0. The molecule has 2 N–H and O–H groups in total. The maximum atomic E-state index is 11.4. The first-order valence-electron chi connectivity index (χ1n) is 5.88. The van der Waals surface area contributed by atoms with Crippen molar-refractivity contribution in [3.63, 3.8) is 0 Å². The van der Waals surface area contributed by atoms with Gasteiger partial charge in [-0.15, -0.1) is 0 Å². The summed E-state index contributed by atoms with van der Waals surface area (Å²) in [7, 11) is 0. The minimum atomic E-state index is 0.144. The molecule has 86 valence electrons. The summed E-state index contributed by atoms with van der Waals surface area (Å²) in [6.07, 6.45) is 1.43. The van der Waals surface area contributed by atoms with Gasteiger partial charge in [0, 0.05) is 26.1 Å². The third kappa shape index (κ3) is 2.42. The van der Waals surface area contributed by atoms with Gasteiger partial charge >= 0.3 is 0 Å². The van der Waals surface area contributed by atoms with Crippen LogP contribution in [0.25, 0.3) is 0 Å². The number of benzene rings is 1. The van der Waals surface area contributed by atoms with Crippen molar-refractivity contribution < 1.29 is 4.79 Å². The van der Waals surface area contributed by atoms with Crippen molar-refractivity contribution in [3.05, 3.63) is 34.9 Å². The Kier molecular flexibility index (Phi) is 3.57. The van der Waals surface area contributed by atoms with Crippen LogP contribution in [0.15, 0.2) is 18.2 Å². The van der Waals surface area contributed by atoms with E-state index in [-0.39, 0.29) is 5.91 Å². The molecule has 1 aliphatic heterocycles. The van der Waals surface area contributed by atoms with Crippen molar-refractivity contribution in [1.29, 1.82) is 0 Å². The van der Waals surface area contributed by atoms with E-state index in [4.69, 9.17) is 0 Å². The molecule has 0 bridgehead atoms. The molecule has 0 radical (unpaired) electrons. The van der Waals surface area contributed by atoms with Crippen LogP contribution in [0.4, 0.5) is 0 Å². The van der Waals surface area contributed by atoms with Crippen molar-refractivity contribution in [1.82, 2.24) is 10.6 Å². The standard InChI is InChI=1S/C13H18N2O/c1-2-15-13(16)7-6-10-4-3-5-11-8-14-9-12(10)11/h3-5,14H,2,6-9H2,1H3,(H,15,16). The molecule has 0 unspecified atom stereocenters. The van der Waals surface area contributed by atoms with E-state index in [9.17, 15) is 4.79 Å². The number of nitrogens with one attached hydrogen (secondary N) is 2. The Hall–Kier alpha value is -1.35. The third-order valence-corrected chi connectivity index (χ3v) is 2.98. The largest absolute Gasteiger partial charge is 0.356 e. The van der Waals surface area contributed by atoms with Crippen LogP contribution >= 0.6 is 0 Å². The lowest BCUT2D eigenvalue weighted by molar-refractivity contribution is -0.120. The number of rotatable bonds is 4. The van der Waals surface area contributed by atoms with Crippen molar-refractivity contribution in [2.24, 2.45) is 0 Å². The van der Waals surface area contributed by atoms with E-state index < -0.39 is 0 Å². The minimum absolute atomic E-state index is 0.144. The highest BCUT2D eigenvalue weighted by atomic mass is 16.1. The summed E-state index contributed by atoms with van der Waals surface area (Å²) in [4.78, 5) is 11.4. The van der Waals surface area contributed by atoms with Crippen LogP contribution in [-0.4, -0.2) is 12.5 Å². The Morgan fingerprint density at radius 2 is 2.31 bits per heavy atom. The Morgan fingerprint density at radius 1 is 1.44 bits per heavy atom. The number of aryl methyl sites for hydroxylation is 1. The van der Waals surface area contributed by atoms with Gasteiger partial charge in [-0.1, -0.05) is 18.2 Å². The number of amides is 1. The van der Waals surface area contributed by atoms with Crippen molar-refractivity contribution >= 4 is 5.91 Å². The molecule has 3 nitrogen and oxygen atoms in total. The van der Waals surface area contributed by atoms with Crippen LogP contribution in [0.3, 0.4) is 0 Å². The average Bonchev–Trinajstić information content (AvgIpc) is 2.75. The van der Waals surface area contributed by atoms with Gasteiger partial charge in [0.25, 0.3) is 0 Å². The van der Waals surface area contributed by atoms with Gasteiger partial charge in [0.2, 0.25) is 5.91 Å². The zero-order chi connectivity index (χ0) is 11.4. The molecule has 0 atom stereocenters. The highest BCUT2D eigenvalue weighted by Crippen LogP contribution is 2.20. The topological polar surface area (TPSA) is 41.1 Å². The molecule has 0 aromatic heterocycles. The van der Waals surface area contributed by atoms with Crippen LogP contribution < -0.4 is 10.6 Å². The summed E-state index contributed by atoms with van der Waals surface area (Å²) in [6, 6.07) is 6.37. The number of fused-ring (bicyclic) bond motifs is 1. The second-order valence-electron chi connectivity index (χ2n) is 4.11. The highest BCUT2D eigenvalue weighted by molar-refractivity contribution is 5.76. The van der Waals surface area contributed by atoms with E-state index in [2.05, 4.69) is 28.8 Å². The smallest absolute Gasteiger partial charge is 0.220 e. The molecule has 1 heterocycles. The fourth-order valence-electron chi connectivity index (χ4n) is 2.17. The van der Waals surface area contributed by atoms with E-state index in [1.165, 1.54) is 16.7 Å². The molecule has 0 aliphatic carbocycles. The van der Waals surface area contributed by atoms with Crippen LogP contribution in [0.2, 0.25) is 0 Å². The average molecular weight is 218 g/mol. The molecule has 0 spiro atoms. The van der Waals surface area contributed by atoms with Gasteiger partial charge < -0.3 is 10.6 Å². The van der Waals surface area contributed by atoms with Crippen LogP contribution in [0.1, 0.15) is 30.0 Å². The van der Waals surface area contributed by atoms with Crippen molar-refractivity contribution in [3.8, 4) is 0 Å². The van der Waals surface area contributed by atoms with Gasteiger partial charge in [0.05, 0.1) is 0 Å². The van der Waals surface area contributed by atoms with Gasteiger partial charge in [0.15, 0.2) is 0 Å². The molecular weight excluding hydrogens is 200 g/mol. The maximum Gasteiger partial charge on any atom is 0.220 e. The predicted molar refractivity (Wildman–Crippen MR) is 64.0 cm³/mol. The summed E-state index contributed by atoms with van der Waals surface area (Å²) in [5.41, 5.74) is 4.09. The molecule has 0 saturated heterocycles. The summed E-state index contributed by atoms with van der Waals surface area (Å²) in [5, 5.41) is 6.17. The lowest BCUT2D eigenvalue weighted by Crippen LogP contribution is -2.22. The number of hydrogen-bond acceptors (Lipinski definition) is 2.